The van der Waals surface area contributed by atoms with Crippen LogP contribution >= 0.6 is 11.5 Å². The normalized spacial score (nSPS) is 10.4. The number of anilines is 1. The maximum absolute atomic E-state index is 5.35. The molecule has 0 saturated heterocycles. The van der Waals surface area contributed by atoms with Gasteiger partial charge in [0.05, 0.1) is 7.11 Å². The molecule has 1 aromatic carbocycles. The summed E-state index contributed by atoms with van der Waals surface area (Å²) in [6.45, 7) is 4.96. The van der Waals surface area contributed by atoms with Crippen LogP contribution < -0.4 is 10.1 Å². The zero-order valence-corrected chi connectivity index (χ0v) is 11.5. The van der Waals surface area contributed by atoms with Gasteiger partial charge in [-0.1, -0.05) is 21.7 Å². The van der Waals surface area contributed by atoms with Gasteiger partial charge in [-0.05, 0) is 42.2 Å². The van der Waals surface area contributed by atoms with Gasteiger partial charge in [-0.3, -0.25) is 0 Å². The van der Waals surface area contributed by atoms with E-state index in [4.69, 9.17) is 4.74 Å². The molecule has 1 heterocycles. The third-order valence-corrected chi connectivity index (χ3v) is 3.27. The zero-order chi connectivity index (χ0) is 13.0. The van der Waals surface area contributed by atoms with Gasteiger partial charge in [0.2, 0.25) is 5.13 Å². The first-order chi connectivity index (χ1) is 8.70. The van der Waals surface area contributed by atoms with Gasteiger partial charge in [-0.15, -0.1) is 0 Å². The van der Waals surface area contributed by atoms with Crippen molar-refractivity contribution in [2.75, 3.05) is 19.0 Å². The molecule has 0 spiro atoms. The summed E-state index contributed by atoms with van der Waals surface area (Å²) >= 11 is 1.27. The maximum atomic E-state index is 5.35. The highest BCUT2D eigenvalue weighted by molar-refractivity contribution is 7.09. The molecule has 0 aliphatic carbocycles. The quantitative estimate of drug-likeness (QED) is 0.897. The minimum atomic E-state index is 0.761. The van der Waals surface area contributed by atoms with Crippen LogP contribution in [-0.2, 0) is 6.42 Å². The third kappa shape index (κ3) is 2.95. The number of methoxy groups -OCH3 is 1. The van der Waals surface area contributed by atoms with Crippen LogP contribution in [0.15, 0.2) is 12.1 Å². The summed E-state index contributed by atoms with van der Waals surface area (Å²) in [6, 6.07) is 4.32. The first kappa shape index (κ1) is 12.8. The van der Waals surface area contributed by atoms with Crippen molar-refractivity contribution in [3.63, 3.8) is 0 Å². The van der Waals surface area contributed by atoms with E-state index in [-0.39, 0.29) is 0 Å². The van der Waals surface area contributed by atoms with Crippen molar-refractivity contribution in [1.29, 1.82) is 0 Å². The van der Waals surface area contributed by atoms with Gasteiger partial charge in [-0.2, -0.15) is 0 Å². The van der Waals surface area contributed by atoms with Crippen LogP contribution in [0, 0.1) is 13.8 Å². The summed E-state index contributed by atoms with van der Waals surface area (Å²) in [5, 5.41) is 11.3. The molecule has 5 nitrogen and oxygen atoms in total. The predicted octanol–water partition coefficient (Wildman–Crippen LogP) is 2.21. The lowest BCUT2D eigenvalue weighted by atomic mass is 10.0. The fraction of sp³-hybridized carbons (Fsp3) is 0.417. The number of ether oxygens (including phenoxy) is 1. The number of rotatable bonds is 5. The van der Waals surface area contributed by atoms with Crippen molar-refractivity contribution < 1.29 is 4.74 Å². The monoisotopic (exact) mass is 264 g/mol. The van der Waals surface area contributed by atoms with Crippen molar-refractivity contribution >= 4 is 16.7 Å². The van der Waals surface area contributed by atoms with Gasteiger partial charge >= 0.3 is 0 Å². The van der Waals surface area contributed by atoms with E-state index in [1.54, 1.807) is 7.11 Å². The molecule has 0 unspecified atom stereocenters. The molecule has 0 aliphatic heterocycles. The highest BCUT2D eigenvalue weighted by Gasteiger charge is 2.05. The van der Waals surface area contributed by atoms with Crippen LogP contribution in [0.3, 0.4) is 0 Å². The van der Waals surface area contributed by atoms with Gasteiger partial charge in [-0.25, -0.2) is 0 Å². The fourth-order valence-electron chi connectivity index (χ4n) is 2.02. The van der Waals surface area contributed by atoms with Crippen molar-refractivity contribution in [2.24, 2.45) is 0 Å². The molecule has 2 rings (SSSR count). The molecule has 2 aromatic rings. The number of aromatic nitrogens is 3. The van der Waals surface area contributed by atoms with E-state index in [1.807, 2.05) is 0 Å². The SMILES string of the molecule is COc1c(C)cc(CCNc2nnns2)cc1C. The van der Waals surface area contributed by atoms with E-state index in [1.165, 1.54) is 28.2 Å². The van der Waals surface area contributed by atoms with Crippen LogP contribution in [0.1, 0.15) is 16.7 Å². The van der Waals surface area contributed by atoms with Crippen molar-refractivity contribution in [3.05, 3.63) is 28.8 Å². The first-order valence-corrected chi connectivity index (χ1v) is 6.51. The molecule has 0 amide bonds. The van der Waals surface area contributed by atoms with E-state index >= 15 is 0 Å². The van der Waals surface area contributed by atoms with Gasteiger partial charge < -0.3 is 10.1 Å². The van der Waals surface area contributed by atoms with Crippen LogP contribution in [0.2, 0.25) is 0 Å². The molecule has 18 heavy (non-hydrogen) atoms. The Hall–Kier alpha value is -1.69. The molecule has 0 fully saturated rings. The summed E-state index contributed by atoms with van der Waals surface area (Å²) in [7, 11) is 1.71. The van der Waals surface area contributed by atoms with Crippen LogP contribution in [0.4, 0.5) is 5.13 Å². The molecule has 0 bridgehead atoms. The lowest BCUT2D eigenvalue weighted by molar-refractivity contribution is 0.408. The molecule has 1 aromatic heterocycles. The fourth-order valence-corrected chi connectivity index (χ4v) is 2.41. The van der Waals surface area contributed by atoms with Crippen molar-refractivity contribution in [2.45, 2.75) is 20.3 Å². The van der Waals surface area contributed by atoms with Gasteiger partial charge in [0.1, 0.15) is 5.75 Å². The maximum Gasteiger partial charge on any atom is 0.225 e. The smallest absolute Gasteiger partial charge is 0.225 e. The highest BCUT2D eigenvalue weighted by Crippen LogP contribution is 2.24. The zero-order valence-electron chi connectivity index (χ0n) is 10.7. The molecule has 0 aliphatic rings. The molecule has 6 heteroatoms. The Morgan fingerprint density at radius 2 is 2.00 bits per heavy atom. The van der Waals surface area contributed by atoms with E-state index < -0.39 is 0 Å². The largest absolute Gasteiger partial charge is 0.496 e. The summed E-state index contributed by atoms with van der Waals surface area (Å²) < 4.78 is 9.05. The van der Waals surface area contributed by atoms with E-state index in [0.717, 1.165) is 23.8 Å². The standard InChI is InChI=1S/C12H16N4OS/c1-8-6-10(7-9(2)11(8)17-3)4-5-13-12-14-15-16-18-12/h6-7H,4-5H2,1-3H3,(H,13,14,16). The van der Waals surface area contributed by atoms with Crippen molar-refractivity contribution in [1.82, 2.24) is 14.8 Å². The molecule has 0 saturated carbocycles. The lowest BCUT2D eigenvalue weighted by Gasteiger charge is -2.11. The first-order valence-electron chi connectivity index (χ1n) is 5.73. The van der Waals surface area contributed by atoms with E-state index in [9.17, 15) is 0 Å². The third-order valence-electron chi connectivity index (χ3n) is 2.71. The Labute approximate surface area is 110 Å². The predicted molar refractivity (Wildman–Crippen MR) is 72.4 cm³/mol. The second-order valence-corrected chi connectivity index (χ2v) is 4.84. The summed E-state index contributed by atoms with van der Waals surface area (Å²) in [5.74, 6) is 0.972. The number of hydrogen-bond donors (Lipinski definition) is 1. The second-order valence-electron chi connectivity index (χ2n) is 4.11. The summed E-state index contributed by atoms with van der Waals surface area (Å²) in [6.07, 6.45) is 0.936. The Morgan fingerprint density at radius 3 is 2.56 bits per heavy atom. The topological polar surface area (TPSA) is 59.9 Å². The molecular formula is C12H16N4OS. The Bertz CT molecular complexity index is 490. The molecule has 1 N–H and O–H groups in total. The van der Waals surface area contributed by atoms with E-state index in [2.05, 4.69) is 46.1 Å². The molecule has 96 valence electrons. The van der Waals surface area contributed by atoms with E-state index in [0.29, 0.717) is 0 Å². The number of aryl methyl sites for hydroxylation is 2. The van der Waals surface area contributed by atoms with Crippen LogP contribution in [0.5, 0.6) is 5.75 Å². The number of benzene rings is 1. The Morgan fingerprint density at radius 1 is 1.28 bits per heavy atom. The minimum Gasteiger partial charge on any atom is -0.496 e. The average molecular weight is 264 g/mol. The van der Waals surface area contributed by atoms with Crippen LogP contribution in [0.25, 0.3) is 0 Å². The van der Waals surface area contributed by atoms with Gasteiger partial charge in [0.15, 0.2) is 0 Å². The Balaban J connectivity index is 1.97. The number of hydrogen-bond acceptors (Lipinski definition) is 6. The minimum absolute atomic E-state index is 0.761. The summed E-state index contributed by atoms with van der Waals surface area (Å²) in [4.78, 5) is 0. The van der Waals surface area contributed by atoms with Crippen LogP contribution in [-0.4, -0.2) is 28.5 Å². The van der Waals surface area contributed by atoms with Gasteiger partial charge in [0, 0.05) is 18.1 Å². The summed E-state index contributed by atoms with van der Waals surface area (Å²) in [5.41, 5.74) is 3.63. The average Bonchev–Trinajstić information content (AvgIpc) is 2.82. The Kier molecular flexibility index (Phi) is 4.09. The number of nitrogens with zero attached hydrogens (tertiary/aromatic N) is 3. The van der Waals surface area contributed by atoms with Gasteiger partial charge in [0.25, 0.3) is 0 Å². The second kappa shape index (κ2) is 5.77. The van der Waals surface area contributed by atoms with Crippen molar-refractivity contribution in [3.8, 4) is 5.75 Å². The molecule has 0 radical (unpaired) electrons. The highest BCUT2D eigenvalue weighted by atomic mass is 32.1. The lowest BCUT2D eigenvalue weighted by Crippen LogP contribution is -2.05. The molecular weight excluding hydrogens is 248 g/mol. The number of nitrogens with one attached hydrogen (secondary N) is 1. The molecule has 0 atom stereocenters.